The van der Waals surface area contributed by atoms with Crippen molar-refractivity contribution in [2.75, 3.05) is 13.2 Å². The van der Waals surface area contributed by atoms with E-state index >= 15 is 0 Å². The van der Waals surface area contributed by atoms with Gasteiger partial charge in [0.2, 0.25) is 0 Å². The number of hydrogen-bond donors (Lipinski definition) is 1. The second-order valence-electron chi connectivity index (χ2n) is 5.02. The molecule has 2 aromatic rings. The van der Waals surface area contributed by atoms with Gasteiger partial charge in [0.25, 0.3) is 0 Å². The van der Waals surface area contributed by atoms with Gasteiger partial charge in [0.1, 0.15) is 5.75 Å². The minimum absolute atomic E-state index is 0.358. The van der Waals surface area contributed by atoms with Gasteiger partial charge in [-0.25, -0.2) is 4.98 Å². The summed E-state index contributed by atoms with van der Waals surface area (Å²) in [6, 6.07) is 8.69. The summed E-state index contributed by atoms with van der Waals surface area (Å²) in [5.41, 5.74) is 4.27. The fourth-order valence-electron chi connectivity index (χ4n) is 2.44. The van der Waals surface area contributed by atoms with Gasteiger partial charge in [-0.15, -0.1) is 11.3 Å². The van der Waals surface area contributed by atoms with Crippen LogP contribution in [0.1, 0.15) is 42.4 Å². The van der Waals surface area contributed by atoms with E-state index in [1.807, 2.05) is 11.6 Å². The topological polar surface area (TPSA) is 34.1 Å². The van der Waals surface area contributed by atoms with Crippen LogP contribution in [0.25, 0.3) is 0 Å². The highest BCUT2D eigenvalue weighted by Gasteiger charge is 2.13. The zero-order valence-electron chi connectivity index (χ0n) is 13.1. The SMILES string of the molecule is CCNC(CC)c1ccccc1OCCc1scnc1C. The Kier molecular flexibility index (Phi) is 6.21. The first kappa shape index (κ1) is 16.0. The van der Waals surface area contributed by atoms with Crippen LogP contribution in [0.15, 0.2) is 29.8 Å². The number of thiazole rings is 1. The minimum Gasteiger partial charge on any atom is -0.493 e. The van der Waals surface area contributed by atoms with Crippen molar-refractivity contribution in [3.8, 4) is 5.75 Å². The van der Waals surface area contributed by atoms with Crippen molar-refractivity contribution >= 4 is 11.3 Å². The summed E-state index contributed by atoms with van der Waals surface area (Å²) in [7, 11) is 0. The van der Waals surface area contributed by atoms with Crippen LogP contribution < -0.4 is 10.1 Å². The van der Waals surface area contributed by atoms with E-state index in [0.717, 1.165) is 30.8 Å². The second kappa shape index (κ2) is 8.15. The molecule has 0 saturated carbocycles. The van der Waals surface area contributed by atoms with E-state index in [9.17, 15) is 0 Å². The number of para-hydroxylation sites is 1. The number of benzene rings is 1. The van der Waals surface area contributed by atoms with Crippen molar-refractivity contribution < 1.29 is 4.74 Å². The van der Waals surface area contributed by atoms with Gasteiger partial charge >= 0.3 is 0 Å². The number of nitrogens with zero attached hydrogens (tertiary/aromatic N) is 1. The zero-order chi connectivity index (χ0) is 15.1. The van der Waals surface area contributed by atoms with Gasteiger partial charge in [0.05, 0.1) is 17.8 Å². The Morgan fingerprint density at radius 3 is 2.76 bits per heavy atom. The normalized spacial score (nSPS) is 12.3. The molecule has 0 saturated heterocycles. The average molecular weight is 304 g/mol. The van der Waals surface area contributed by atoms with Crippen LogP contribution in [0.5, 0.6) is 5.75 Å². The molecule has 1 aromatic carbocycles. The molecule has 0 spiro atoms. The van der Waals surface area contributed by atoms with Gasteiger partial charge in [-0.05, 0) is 26.0 Å². The fraction of sp³-hybridized carbons (Fsp3) is 0.471. The lowest BCUT2D eigenvalue weighted by Gasteiger charge is -2.20. The Bertz CT molecular complexity index is 553. The van der Waals surface area contributed by atoms with E-state index in [1.165, 1.54) is 10.4 Å². The van der Waals surface area contributed by atoms with Gasteiger partial charge in [-0.1, -0.05) is 32.0 Å². The summed E-state index contributed by atoms with van der Waals surface area (Å²) in [6.45, 7) is 8.05. The van der Waals surface area contributed by atoms with Crippen LogP contribution in [0.2, 0.25) is 0 Å². The first-order chi connectivity index (χ1) is 10.3. The van der Waals surface area contributed by atoms with Crippen molar-refractivity contribution in [3.63, 3.8) is 0 Å². The summed E-state index contributed by atoms with van der Waals surface area (Å²) in [5.74, 6) is 0.993. The van der Waals surface area contributed by atoms with Crippen molar-refractivity contribution in [2.45, 2.75) is 39.7 Å². The lowest BCUT2D eigenvalue weighted by Crippen LogP contribution is -2.21. The molecule has 1 aromatic heterocycles. The third-order valence-electron chi connectivity index (χ3n) is 3.58. The Balaban J connectivity index is 2.01. The first-order valence-corrected chi connectivity index (χ1v) is 8.48. The summed E-state index contributed by atoms with van der Waals surface area (Å²) >= 11 is 1.70. The molecule has 4 heteroatoms. The third kappa shape index (κ3) is 4.29. The van der Waals surface area contributed by atoms with Crippen LogP contribution in [-0.4, -0.2) is 18.1 Å². The van der Waals surface area contributed by atoms with Gasteiger partial charge in [-0.3, -0.25) is 0 Å². The van der Waals surface area contributed by atoms with E-state index in [1.54, 1.807) is 11.3 Å². The standard InChI is InChI=1S/C17H24N2OS/c1-4-15(18-5-2)14-8-6-7-9-16(14)20-11-10-17-13(3)19-12-21-17/h6-9,12,15,18H,4-5,10-11H2,1-3H3. The molecule has 0 aliphatic heterocycles. The quantitative estimate of drug-likeness (QED) is 0.796. The van der Waals surface area contributed by atoms with Crippen molar-refractivity contribution in [1.29, 1.82) is 0 Å². The van der Waals surface area contributed by atoms with Crippen molar-refractivity contribution in [2.24, 2.45) is 0 Å². The predicted molar refractivity (Wildman–Crippen MR) is 89.2 cm³/mol. The van der Waals surface area contributed by atoms with Crippen LogP contribution in [0.3, 0.4) is 0 Å². The fourth-order valence-corrected chi connectivity index (χ4v) is 3.20. The minimum atomic E-state index is 0.358. The highest BCUT2D eigenvalue weighted by atomic mass is 32.1. The maximum absolute atomic E-state index is 6.03. The molecule has 1 unspecified atom stereocenters. The molecule has 114 valence electrons. The largest absolute Gasteiger partial charge is 0.493 e. The number of hydrogen-bond acceptors (Lipinski definition) is 4. The van der Waals surface area contributed by atoms with Gasteiger partial charge in [0.15, 0.2) is 0 Å². The lowest BCUT2D eigenvalue weighted by atomic mass is 10.0. The molecule has 0 aliphatic rings. The summed E-state index contributed by atoms with van der Waals surface area (Å²) in [6.07, 6.45) is 1.98. The van der Waals surface area contributed by atoms with Crippen molar-refractivity contribution in [3.05, 3.63) is 45.9 Å². The van der Waals surface area contributed by atoms with Crippen molar-refractivity contribution in [1.82, 2.24) is 10.3 Å². The van der Waals surface area contributed by atoms with E-state index in [-0.39, 0.29) is 0 Å². The second-order valence-corrected chi connectivity index (χ2v) is 5.96. The average Bonchev–Trinajstić information content (AvgIpc) is 2.91. The number of nitrogens with one attached hydrogen (secondary N) is 1. The molecule has 0 bridgehead atoms. The molecule has 21 heavy (non-hydrogen) atoms. The molecule has 0 aliphatic carbocycles. The molecule has 0 amide bonds. The van der Waals surface area contributed by atoms with Crippen LogP contribution in [0.4, 0.5) is 0 Å². The molecular weight excluding hydrogens is 280 g/mol. The molecule has 2 rings (SSSR count). The van der Waals surface area contributed by atoms with Crippen LogP contribution in [0, 0.1) is 6.92 Å². The van der Waals surface area contributed by atoms with E-state index in [2.05, 4.69) is 49.3 Å². The lowest BCUT2D eigenvalue weighted by molar-refractivity contribution is 0.314. The Labute approximate surface area is 131 Å². The monoisotopic (exact) mass is 304 g/mol. The molecule has 0 fully saturated rings. The van der Waals surface area contributed by atoms with Gasteiger partial charge in [0, 0.05) is 22.9 Å². The van der Waals surface area contributed by atoms with E-state index < -0.39 is 0 Å². The maximum Gasteiger partial charge on any atom is 0.124 e. The highest BCUT2D eigenvalue weighted by Crippen LogP contribution is 2.27. The smallest absolute Gasteiger partial charge is 0.124 e. The predicted octanol–water partition coefficient (Wildman–Crippen LogP) is 4.13. The number of rotatable bonds is 8. The van der Waals surface area contributed by atoms with Crippen LogP contribution >= 0.6 is 11.3 Å². The molecular formula is C17H24N2OS. The van der Waals surface area contributed by atoms with Gasteiger partial charge in [-0.2, -0.15) is 0 Å². The van der Waals surface area contributed by atoms with Crippen LogP contribution in [-0.2, 0) is 6.42 Å². The zero-order valence-corrected chi connectivity index (χ0v) is 13.9. The summed E-state index contributed by atoms with van der Waals surface area (Å²) in [4.78, 5) is 5.59. The number of aromatic nitrogens is 1. The molecule has 3 nitrogen and oxygen atoms in total. The first-order valence-electron chi connectivity index (χ1n) is 7.60. The number of ether oxygens (including phenoxy) is 1. The summed E-state index contributed by atoms with van der Waals surface area (Å²) in [5, 5.41) is 3.51. The Hall–Kier alpha value is -1.39. The maximum atomic E-state index is 6.03. The Morgan fingerprint density at radius 1 is 1.29 bits per heavy atom. The Morgan fingerprint density at radius 2 is 2.10 bits per heavy atom. The third-order valence-corrected chi connectivity index (χ3v) is 4.58. The number of aryl methyl sites for hydroxylation is 1. The molecule has 1 heterocycles. The summed E-state index contributed by atoms with van der Waals surface area (Å²) < 4.78 is 6.03. The van der Waals surface area contributed by atoms with E-state index in [0.29, 0.717) is 12.6 Å². The van der Waals surface area contributed by atoms with E-state index in [4.69, 9.17) is 4.74 Å². The van der Waals surface area contributed by atoms with Gasteiger partial charge < -0.3 is 10.1 Å². The molecule has 0 radical (unpaired) electrons. The molecule has 1 N–H and O–H groups in total. The molecule has 1 atom stereocenters. The highest BCUT2D eigenvalue weighted by molar-refractivity contribution is 7.09.